The smallest absolute Gasteiger partial charge is 0.415 e. The molecule has 0 unspecified atom stereocenters. The molecule has 33 heavy (non-hydrogen) atoms. The number of hydrogen-bond donors (Lipinski definition) is 0. The van der Waals surface area contributed by atoms with Crippen LogP contribution in [-0.4, -0.2) is 51.7 Å². The van der Waals surface area contributed by atoms with Crippen molar-refractivity contribution < 1.29 is 14.3 Å². The maximum absolute atomic E-state index is 13.3. The van der Waals surface area contributed by atoms with Crippen LogP contribution < -0.4 is 4.90 Å². The standard InChI is InChI=1S/C26H30N4O3/c1-19(2)24-27-21-11-6-7-12-22(21)29(24)17-23(31)28-15-8-13-26(14-16-28)18-30(25(32)33-26)20-9-4-3-5-10-20/h3-7,9-12,19H,8,13-18H2,1-2H3/t26-/m1/s1. The Hall–Kier alpha value is -3.35. The molecule has 0 saturated carbocycles. The average molecular weight is 447 g/mol. The molecule has 0 aliphatic carbocycles. The molecule has 2 amide bonds. The van der Waals surface area contributed by atoms with E-state index in [4.69, 9.17) is 9.72 Å². The van der Waals surface area contributed by atoms with Gasteiger partial charge in [0.1, 0.15) is 18.0 Å². The molecule has 2 aromatic carbocycles. The second-order valence-corrected chi connectivity index (χ2v) is 9.41. The van der Waals surface area contributed by atoms with Crippen LogP contribution in [0.4, 0.5) is 10.5 Å². The number of hydrogen-bond acceptors (Lipinski definition) is 4. The highest BCUT2D eigenvalue weighted by molar-refractivity contribution is 5.90. The van der Waals surface area contributed by atoms with E-state index in [2.05, 4.69) is 18.4 Å². The van der Waals surface area contributed by atoms with Gasteiger partial charge in [0.15, 0.2) is 0 Å². The molecule has 2 fully saturated rings. The number of ether oxygens (including phenoxy) is 1. The molecule has 1 aromatic heterocycles. The Labute approximate surface area is 193 Å². The lowest BCUT2D eigenvalue weighted by atomic mass is 9.95. The first-order valence-electron chi connectivity index (χ1n) is 11.7. The number of para-hydroxylation sites is 3. The summed E-state index contributed by atoms with van der Waals surface area (Å²) >= 11 is 0. The van der Waals surface area contributed by atoms with Gasteiger partial charge in [0, 0.05) is 31.1 Å². The topological polar surface area (TPSA) is 67.7 Å². The van der Waals surface area contributed by atoms with Gasteiger partial charge in [-0.05, 0) is 37.1 Å². The predicted octanol–water partition coefficient (Wildman–Crippen LogP) is 4.57. The minimum Gasteiger partial charge on any atom is -0.441 e. The largest absolute Gasteiger partial charge is 0.441 e. The second kappa shape index (κ2) is 8.54. The third-order valence-corrected chi connectivity index (χ3v) is 6.78. The molecular weight excluding hydrogens is 416 g/mol. The van der Waals surface area contributed by atoms with Crippen molar-refractivity contribution in [3.8, 4) is 0 Å². The molecule has 3 aromatic rings. The fourth-order valence-corrected chi connectivity index (χ4v) is 5.04. The fraction of sp³-hybridized carbons (Fsp3) is 0.423. The number of nitrogens with zero attached hydrogens (tertiary/aromatic N) is 4. The molecule has 0 N–H and O–H groups in total. The Morgan fingerprint density at radius 1 is 1.06 bits per heavy atom. The molecule has 2 saturated heterocycles. The quantitative estimate of drug-likeness (QED) is 0.589. The van der Waals surface area contributed by atoms with Gasteiger partial charge in [-0.1, -0.05) is 44.2 Å². The lowest BCUT2D eigenvalue weighted by Gasteiger charge is -2.26. The molecule has 2 aliphatic heterocycles. The van der Waals surface area contributed by atoms with Crippen LogP contribution in [0.15, 0.2) is 54.6 Å². The number of fused-ring (bicyclic) bond motifs is 1. The second-order valence-electron chi connectivity index (χ2n) is 9.41. The third kappa shape index (κ3) is 4.08. The lowest BCUT2D eigenvalue weighted by molar-refractivity contribution is -0.131. The summed E-state index contributed by atoms with van der Waals surface area (Å²) in [5, 5.41) is 0. The molecule has 7 heteroatoms. The molecule has 7 nitrogen and oxygen atoms in total. The maximum Gasteiger partial charge on any atom is 0.415 e. The molecule has 1 spiro atoms. The predicted molar refractivity (Wildman–Crippen MR) is 127 cm³/mol. The summed E-state index contributed by atoms with van der Waals surface area (Å²) in [6.45, 7) is 6.26. The van der Waals surface area contributed by atoms with Crippen LogP contribution in [0.2, 0.25) is 0 Å². The van der Waals surface area contributed by atoms with Crippen molar-refractivity contribution in [3.05, 3.63) is 60.4 Å². The monoisotopic (exact) mass is 446 g/mol. The van der Waals surface area contributed by atoms with Crippen molar-refractivity contribution >= 4 is 28.7 Å². The number of anilines is 1. The van der Waals surface area contributed by atoms with Crippen LogP contribution in [0.3, 0.4) is 0 Å². The summed E-state index contributed by atoms with van der Waals surface area (Å²) in [6, 6.07) is 17.6. The van der Waals surface area contributed by atoms with Gasteiger partial charge in [0.25, 0.3) is 0 Å². The van der Waals surface area contributed by atoms with Crippen molar-refractivity contribution in [1.29, 1.82) is 0 Å². The molecule has 0 bridgehead atoms. The summed E-state index contributed by atoms with van der Waals surface area (Å²) in [6.07, 6.45) is 1.92. The number of rotatable bonds is 4. The first-order chi connectivity index (χ1) is 16.0. The molecule has 5 rings (SSSR count). The van der Waals surface area contributed by atoms with Crippen LogP contribution in [0.5, 0.6) is 0 Å². The Morgan fingerprint density at radius 3 is 2.61 bits per heavy atom. The van der Waals surface area contributed by atoms with Crippen molar-refractivity contribution in [2.45, 2.75) is 51.2 Å². The number of amides is 2. The molecule has 1 atom stereocenters. The molecular formula is C26H30N4O3. The summed E-state index contributed by atoms with van der Waals surface area (Å²) in [5.41, 5.74) is 2.23. The zero-order valence-electron chi connectivity index (χ0n) is 19.2. The normalized spacial score (nSPS) is 21.1. The van der Waals surface area contributed by atoms with Gasteiger partial charge >= 0.3 is 6.09 Å². The van der Waals surface area contributed by atoms with Gasteiger partial charge in [0.05, 0.1) is 17.6 Å². The van der Waals surface area contributed by atoms with E-state index >= 15 is 0 Å². The van der Waals surface area contributed by atoms with E-state index in [1.54, 1.807) is 4.90 Å². The highest BCUT2D eigenvalue weighted by Gasteiger charge is 2.46. The van der Waals surface area contributed by atoms with Gasteiger partial charge < -0.3 is 14.2 Å². The van der Waals surface area contributed by atoms with E-state index in [-0.39, 0.29) is 24.5 Å². The summed E-state index contributed by atoms with van der Waals surface area (Å²) in [5.74, 6) is 1.24. The Morgan fingerprint density at radius 2 is 1.82 bits per heavy atom. The molecule has 172 valence electrons. The summed E-state index contributed by atoms with van der Waals surface area (Å²) < 4.78 is 7.96. The van der Waals surface area contributed by atoms with Crippen LogP contribution >= 0.6 is 0 Å². The van der Waals surface area contributed by atoms with Gasteiger partial charge in [-0.2, -0.15) is 0 Å². The molecule has 3 heterocycles. The molecule has 0 radical (unpaired) electrons. The number of carbonyl (C=O) groups is 2. The van der Waals surface area contributed by atoms with E-state index in [0.29, 0.717) is 26.1 Å². The van der Waals surface area contributed by atoms with Gasteiger partial charge in [-0.3, -0.25) is 9.69 Å². The first-order valence-corrected chi connectivity index (χ1v) is 11.7. The number of likely N-dealkylation sites (tertiary alicyclic amines) is 1. The van der Waals surface area contributed by atoms with Crippen LogP contribution in [0.25, 0.3) is 11.0 Å². The van der Waals surface area contributed by atoms with Gasteiger partial charge in [-0.25, -0.2) is 9.78 Å². The van der Waals surface area contributed by atoms with Crippen molar-refractivity contribution in [1.82, 2.24) is 14.5 Å². The van der Waals surface area contributed by atoms with Crippen molar-refractivity contribution in [2.24, 2.45) is 0 Å². The van der Waals surface area contributed by atoms with Crippen LogP contribution in [-0.2, 0) is 16.1 Å². The van der Waals surface area contributed by atoms with Crippen molar-refractivity contribution in [3.63, 3.8) is 0 Å². The third-order valence-electron chi connectivity index (χ3n) is 6.78. The minimum atomic E-state index is -0.535. The van der Waals surface area contributed by atoms with E-state index < -0.39 is 5.60 Å². The zero-order valence-corrected chi connectivity index (χ0v) is 19.2. The minimum absolute atomic E-state index is 0.0846. The summed E-state index contributed by atoms with van der Waals surface area (Å²) in [7, 11) is 0. The number of carbonyl (C=O) groups excluding carboxylic acids is 2. The Balaban J connectivity index is 1.30. The fourth-order valence-electron chi connectivity index (χ4n) is 5.04. The zero-order chi connectivity index (χ0) is 23.0. The first kappa shape index (κ1) is 21.5. The van der Waals surface area contributed by atoms with Gasteiger partial charge in [0.2, 0.25) is 5.91 Å². The van der Waals surface area contributed by atoms with Gasteiger partial charge in [-0.15, -0.1) is 0 Å². The van der Waals surface area contributed by atoms with Crippen molar-refractivity contribution in [2.75, 3.05) is 24.5 Å². The molecule has 2 aliphatic rings. The highest BCUT2D eigenvalue weighted by Crippen LogP contribution is 2.35. The van der Waals surface area contributed by atoms with Crippen LogP contribution in [0.1, 0.15) is 44.9 Å². The summed E-state index contributed by atoms with van der Waals surface area (Å²) in [4.78, 5) is 34.4. The van der Waals surface area contributed by atoms with E-state index in [1.165, 1.54) is 0 Å². The average Bonchev–Trinajstić information content (AvgIpc) is 3.26. The number of imidazole rings is 1. The highest BCUT2D eigenvalue weighted by atomic mass is 16.6. The number of benzene rings is 2. The van der Waals surface area contributed by atoms with E-state index in [1.807, 2.05) is 59.5 Å². The van der Waals surface area contributed by atoms with Crippen LogP contribution in [0, 0.1) is 0 Å². The Bertz CT molecular complexity index is 1170. The lowest BCUT2D eigenvalue weighted by Crippen LogP contribution is -2.38. The SMILES string of the molecule is CC(C)c1nc2ccccc2n1CC(=O)N1CCC[C@@]2(CC1)CN(c1ccccc1)C(=O)O2. The van der Waals surface area contributed by atoms with E-state index in [0.717, 1.165) is 35.4 Å². The van der Waals surface area contributed by atoms with E-state index in [9.17, 15) is 9.59 Å². The number of aromatic nitrogens is 2. The maximum atomic E-state index is 13.3. The Kier molecular flexibility index (Phi) is 5.56.